The maximum atomic E-state index is 14.2. The average Bonchev–Trinajstić information content (AvgIpc) is 3.30. The number of nitrogens with one attached hydrogen (secondary N) is 2. The van der Waals surface area contributed by atoms with E-state index in [4.69, 9.17) is 19.3 Å². The Bertz CT molecular complexity index is 1480. The van der Waals surface area contributed by atoms with E-state index in [1.807, 2.05) is 6.92 Å². The Kier molecular flexibility index (Phi) is 8.45. The molecule has 0 spiro atoms. The summed E-state index contributed by atoms with van der Waals surface area (Å²) in [6.07, 6.45) is 0.819. The summed E-state index contributed by atoms with van der Waals surface area (Å²) in [5, 5.41) is 10.3. The standard InChI is InChI=1S/C29H29FN4O5/c1-5-15-31-29(36)32-22-12-9-19(10-13-22)26-27(20-11-14-24(37-3)25(16-20)38-4)33-34(28(26)39-18(2)35)23-8-6-7-21(30)17-23/h6-14,16-17H,5,15H2,1-4H3,(H2,31,32,36). The van der Waals surface area contributed by atoms with Gasteiger partial charge in [-0.1, -0.05) is 25.1 Å². The molecule has 0 saturated carbocycles. The predicted octanol–water partition coefficient (Wildman–Crippen LogP) is 5.82. The molecular formula is C29H29FN4O5. The molecule has 0 bridgehead atoms. The number of hydrogen-bond acceptors (Lipinski definition) is 6. The van der Waals surface area contributed by atoms with Crippen molar-refractivity contribution in [3.8, 4) is 45.5 Å². The second kappa shape index (κ2) is 12.1. The zero-order valence-corrected chi connectivity index (χ0v) is 22.1. The minimum atomic E-state index is -0.571. The van der Waals surface area contributed by atoms with Gasteiger partial charge in [0.15, 0.2) is 11.5 Å². The van der Waals surface area contributed by atoms with Crippen molar-refractivity contribution in [1.82, 2.24) is 15.1 Å². The highest BCUT2D eigenvalue weighted by atomic mass is 19.1. The summed E-state index contributed by atoms with van der Waals surface area (Å²) >= 11 is 0. The number of anilines is 1. The first-order chi connectivity index (χ1) is 18.8. The molecule has 2 amide bonds. The van der Waals surface area contributed by atoms with E-state index in [2.05, 4.69) is 10.6 Å². The van der Waals surface area contributed by atoms with E-state index in [0.717, 1.165) is 6.42 Å². The van der Waals surface area contributed by atoms with E-state index in [-0.39, 0.29) is 11.9 Å². The fraction of sp³-hybridized carbons (Fsp3) is 0.207. The largest absolute Gasteiger partial charge is 0.493 e. The summed E-state index contributed by atoms with van der Waals surface area (Å²) in [7, 11) is 3.07. The Labute approximate surface area is 225 Å². The molecule has 0 aliphatic rings. The van der Waals surface area contributed by atoms with E-state index in [1.165, 1.54) is 30.8 Å². The molecule has 0 saturated heterocycles. The maximum Gasteiger partial charge on any atom is 0.319 e. The molecule has 4 rings (SSSR count). The molecule has 1 aromatic heterocycles. The number of urea groups is 1. The number of halogens is 1. The summed E-state index contributed by atoms with van der Waals surface area (Å²) < 4.78 is 32.1. The van der Waals surface area contributed by atoms with Gasteiger partial charge >= 0.3 is 12.0 Å². The summed E-state index contributed by atoms with van der Waals surface area (Å²) in [6, 6.07) is 17.8. The smallest absolute Gasteiger partial charge is 0.319 e. The number of rotatable bonds is 9. The molecule has 0 radical (unpaired) electrons. The number of carbonyl (C=O) groups is 2. The molecule has 10 heteroatoms. The number of amides is 2. The molecule has 9 nitrogen and oxygen atoms in total. The third kappa shape index (κ3) is 6.18. The minimum absolute atomic E-state index is 0.110. The Morgan fingerprint density at radius 1 is 0.949 bits per heavy atom. The molecule has 4 aromatic rings. The number of carbonyl (C=O) groups excluding carboxylic acids is 2. The van der Waals surface area contributed by atoms with Gasteiger partial charge in [-0.25, -0.2) is 9.18 Å². The van der Waals surface area contributed by atoms with Crippen molar-refractivity contribution in [2.24, 2.45) is 0 Å². The average molecular weight is 533 g/mol. The fourth-order valence-electron chi connectivity index (χ4n) is 4.00. The number of nitrogens with zero attached hydrogens (tertiary/aromatic N) is 2. The number of methoxy groups -OCH3 is 2. The second-order valence-corrected chi connectivity index (χ2v) is 8.54. The van der Waals surface area contributed by atoms with Crippen molar-refractivity contribution in [2.75, 3.05) is 26.1 Å². The molecular weight excluding hydrogens is 503 g/mol. The first-order valence-corrected chi connectivity index (χ1v) is 12.3. The summed E-state index contributed by atoms with van der Waals surface area (Å²) in [4.78, 5) is 24.3. The molecule has 0 atom stereocenters. The lowest BCUT2D eigenvalue weighted by Gasteiger charge is -2.11. The first kappa shape index (κ1) is 27.2. The highest BCUT2D eigenvalue weighted by Crippen LogP contribution is 2.43. The van der Waals surface area contributed by atoms with Crippen LogP contribution in [-0.4, -0.2) is 42.5 Å². The number of ether oxygens (including phenoxy) is 3. The quantitative estimate of drug-likeness (QED) is 0.263. The van der Waals surface area contributed by atoms with Crippen LogP contribution in [0.5, 0.6) is 17.4 Å². The van der Waals surface area contributed by atoms with Crippen LogP contribution in [0.2, 0.25) is 0 Å². The van der Waals surface area contributed by atoms with Crippen molar-refractivity contribution in [3.05, 3.63) is 72.5 Å². The summed E-state index contributed by atoms with van der Waals surface area (Å²) in [6.45, 7) is 3.81. The Morgan fingerprint density at radius 2 is 1.67 bits per heavy atom. The molecule has 39 heavy (non-hydrogen) atoms. The molecule has 202 valence electrons. The maximum absolute atomic E-state index is 14.2. The van der Waals surface area contributed by atoms with E-state index >= 15 is 0 Å². The van der Waals surface area contributed by atoms with Crippen LogP contribution in [0.4, 0.5) is 14.9 Å². The van der Waals surface area contributed by atoms with Gasteiger partial charge in [-0.3, -0.25) is 4.79 Å². The zero-order valence-electron chi connectivity index (χ0n) is 22.1. The zero-order chi connectivity index (χ0) is 27.9. The number of hydrogen-bond donors (Lipinski definition) is 2. The van der Waals surface area contributed by atoms with Gasteiger partial charge in [0.1, 0.15) is 11.5 Å². The molecule has 0 fully saturated rings. The van der Waals surface area contributed by atoms with Crippen LogP contribution < -0.4 is 24.8 Å². The van der Waals surface area contributed by atoms with Crippen LogP contribution in [0, 0.1) is 5.82 Å². The first-order valence-electron chi connectivity index (χ1n) is 12.3. The van der Waals surface area contributed by atoms with Gasteiger partial charge in [-0.2, -0.15) is 9.78 Å². The molecule has 2 N–H and O–H groups in total. The van der Waals surface area contributed by atoms with Gasteiger partial charge in [-0.05, 0) is 60.5 Å². The molecule has 3 aromatic carbocycles. The fourth-order valence-corrected chi connectivity index (χ4v) is 4.00. The topological polar surface area (TPSA) is 104 Å². The normalized spacial score (nSPS) is 10.6. The summed E-state index contributed by atoms with van der Waals surface area (Å²) in [5.41, 5.74) is 3.18. The SMILES string of the molecule is CCCNC(=O)Nc1ccc(-c2c(-c3ccc(OC)c(OC)c3)nn(-c3cccc(F)c3)c2OC(C)=O)cc1. The lowest BCUT2D eigenvalue weighted by molar-refractivity contribution is -0.132. The van der Waals surface area contributed by atoms with Crippen LogP contribution in [0.3, 0.4) is 0 Å². The van der Waals surface area contributed by atoms with Crippen LogP contribution >= 0.6 is 0 Å². The van der Waals surface area contributed by atoms with Crippen LogP contribution in [-0.2, 0) is 4.79 Å². The highest BCUT2D eigenvalue weighted by molar-refractivity contribution is 5.91. The number of aromatic nitrogens is 2. The minimum Gasteiger partial charge on any atom is -0.493 e. The third-order valence-corrected chi connectivity index (χ3v) is 5.76. The predicted molar refractivity (Wildman–Crippen MR) is 146 cm³/mol. The van der Waals surface area contributed by atoms with Crippen LogP contribution in [0.25, 0.3) is 28.1 Å². The van der Waals surface area contributed by atoms with Crippen molar-refractivity contribution in [1.29, 1.82) is 0 Å². The van der Waals surface area contributed by atoms with Crippen LogP contribution in [0.15, 0.2) is 66.7 Å². The van der Waals surface area contributed by atoms with Gasteiger partial charge in [0.05, 0.1) is 25.5 Å². The van der Waals surface area contributed by atoms with E-state index in [0.29, 0.717) is 51.8 Å². The Morgan fingerprint density at radius 3 is 2.31 bits per heavy atom. The number of benzene rings is 3. The third-order valence-electron chi connectivity index (χ3n) is 5.76. The van der Waals surface area contributed by atoms with Gasteiger partial charge in [0, 0.05) is 24.7 Å². The van der Waals surface area contributed by atoms with Gasteiger partial charge < -0.3 is 24.8 Å². The van der Waals surface area contributed by atoms with Crippen molar-refractivity contribution in [2.45, 2.75) is 20.3 Å². The lowest BCUT2D eigenvalue weighted by atomic mass is 10.0. The van der Waals surface area contributed by atoms with Gasteiger partial charge in [-0.15, -0.1) is 0 Å². The molecule has 1 heterocycles. The molecule has 0 aliphatic heterocycles. The van der Waals surface area contributed by atoms with Crippen molar-refractivity contribution in [3.63, 3.8) is 0 Å². The second-order valence-electron chi connectivity index (χ2n) is 8.54. The lowest BCUT2D eigenvalue weighted by Crippen LogP contribution is -2.29. The highest BCUT2D eigenvalue weighted by Gasteiger charge is 2.25. The number of esters is 1. The Balaban J connectivity index is 1.90. The molecule has 0 unspecified atom stereocenters. The van der Waals surface area contributed by atoms with Crippen molar-refractivity contribution < 1.29 is 28.2 Å². The van der Waals surface area contributed by atoms with Crippen LogP contribution in [0.1, 0.15) is 20.3 Å². The molecule has 0 aliphatic carbocycles. The van der Waals surface area contributed by atoms with E-state index < -0.39 is 11.8 Å². The van der Waals surface area contributed by atoms with Gasteiger partial charge in [0.25, 0.3) is 0 Å². The Hall–Kier alpha value is -4.86. The van der Waals surface area contributed by atoms with Crippen molar-refractivity contribution >= 4 is 17.7 Å². The summed E-state index contributed by atoms with van der Waals surface area (Å²) in [5.74, 6) is 0.0814. The van der Waals surface area contributed by atoms with E-state index in [9.17, 15) is 14.0 Å². The van der Waals surface area contributed by atoms with E-state index in [1.54, 1.807) is 61.7 Å². The van der Waals surface area contributed by atoms with Gasteiger partial charge in [0.2, 0.25) is 5.88 Å². The monoisotopic (exact) mass is 532 g/mol.